The first kappa shape index (κ1) is 14.5. The average Bonchev–Trinajstić information content (AvgIpc) is 2.70. The number of benzene rings is 1. The summed E-state index contributed by atoms with van der Waals surface area (Å²) >= 11 is 6.15. The molecule has 4 heteroatoms. The van der Waals surface area contributed by atoms with Crippen molar-refractivity contribution in [1.82, 2.24) is 0 Å². The maximum atomic E-state index is 10.5. The highest BCUT2D eigenvalue weighted by Crippen LogP contribution is 2.34. The van der Waals surface area contributed by atoms with E-state index in [1.165, 1.54) is 0 Å². The topological polar surface area (TPSA) is 32.6 Å². The van der Waals surface area contributed by atoms with Crippen LogP contribution < -0.4 is 0 Å². The van der Waals surface area contributed by atoms with E-state index in [4.69, 9.17) is 11.6 Å². The molecule has 0 bridgehead atoms. The average molecular weight is 274 g/mol. The van der Waals surface area contributed by atoms with Crippen LogP contribution in [0, 0.1) is 0 Å². The van der Waals surface area contributed by atoms with Crippen molar-refractivity contribution in [3.63, 3.8) is 0 Å². The standard InChI is InChI=1S/C13H16ClNO.ClH/c1-15-12(13(16)8-4-5-9-13)10-6-2-3-7-11(10)14;/h2-3,6-7,16H,4-5,8-9H2,1H3;1H/b15-12-;. The molecule has 1 aromatic carbocycles. The predicted octanol–water partition coefficient (Wildman–Crippen LogP) is 3.49. The van der Waals surface area contributed by atoms with E-state index >= 15 is 0 Å². The minimum absolute atomic E-state index is 0. The van der Waals surface area contributed by atoms with Gasteiger partial charge in [-0.05, 0) is 18.9 Å². The van der Waals surface area contributed by atoms with E-state index in [-0.39, 0.29) is 12.4 Å². The number of nitrogens with zero attached hydrogens (tertiary/aromatic N) is 1. The number of hydrogen-bond acceptors (Lipinski definition) is 2. The Bertz CT molecular complexity index is 412. The van der Waals surface area contributed by atoms with Crippen molar-refractivity contribution < 1.29 is 5.11 Å². The Morgan fingerprint density at radius 2 is 1.88 bits per heavy atom. The molecule has 1 fully saturated rings. The summed E-state index contributed by atoms with van der Waals surface area (Å²) in [6.45, 7) is 0. The summed E-state index contributed by atoms with van der Waals surface area (Å²) in [6.07, 6.45) is 3.68. The largest absolute Gasteiger partial charge is 0.384 e. The van der Waals surface area contributed by atoms with Crippen molar-refractivity contribution in [3.05, 3.63) is 34.9 Å². The molecule has 17 heavy (non-hydrogen) atoms. The maximum Gasteiger partial charge on any atom is 0.107 e. The zero-order valence-electron chi connectivity index (χ0n) is 9.82. The highest BCUT2D eigenvalue weighted by Gasteiger charge is 2.37. The Balaban J connectivity index is 0.00000144. The third kappa shape index (κ3) is 2.82. The van der Waals surface area contributed by atoms with Crippen LogP contribution in [0.5, 0.6) is 0 Å². The monoisotopic (exact) mass is 273 g/mol. The number of halogens is 2. The van der Waals surface area contributed by atoms with Gasteiger partial charge < -0.3 is 5.11 Å². The van der Waals surface area contributed by atoms with Gasteiger partial charge in [-0.25, -0.2) is 0 Å². The molecule has 0 aromatic heterocycles. The van der Waals surface area contributed by atoms with Gasteiger partial charge in [-0.15, -0.1) is 12.4 Å². The lowest BCUT2D eigenvalue weighted by atomic mass is 9.90. The summed E-state index contributed by atoms with van der Waals surface area (Å²) in [5.41, 5.74) is 0.811. The number of rotatable bonds is 2. The van der Waals surface area contributed by atoms with Crippen molar-refractivity contribution in [3.8, 4) is 0 Å². The van der Waals surface area contributed by atoms with Gasteiger partial charge in [0.25, 0.3) is 0 Å². The lowest BCUT2D eigenvalue weighted by Crippen LogP contribution is -2.36. The molecule has 0 saturated heterocycles. The molecule has 1 aliphatic rings. The molecule has 1 aliphatic carbocycles. The van der Waals surface area contributed by atoms with Crippen molar-refractivity contribution in [1.29, 1.82) is 0 Å². The molecule has 0 unspecified atom stereocenters. The second-order valence-corrected chi connectivity index (χ2v) is 4.70. The fourth-order valence-electron chi connectivity index (χ4n) is 2.43. The SMILES string of the molecule is C/N=C(/c1ccccc1Cl)C1(O)CCCC1.Cl. The van der Waals surface area contributed by atoms with Gasteiger partial charge in [0, 0.05) is 17.6 Å². The minimum atomic E-state index is -0.778. The van der Waals surface area contributed by atoms with Crippen LogP contribution in [0.4, 0.5) is 0 Å². The molecule has 0 heterocycles. The first-order valence-corrected chi connectivity index (χ1v) is 6.00. The summed E-state index contributed by atoms with van der Waals surface area (Å²) in [4.78, 5) is 4.26. The molecule has 0 spiro atoms. The third-order valence-corrected chi connectivity index (χ3v) is 3.55. The van der Waals surface area contributed by atoms with E-state index in [0.29, 0.717) is 5.02 Å². The maximum absolute atomic E-state index is 10.5. The van der Waals surface area contributed by atoms with Crippen LogP contribution in [-0.4, -0.2) is 23.5 Å². The number of aliphatic hydroxyl groups is 1. The lowest BCUT2D eigenvalue weighted by molar-refractivity contribution is 0.121. The molecular weight excluding hydrogens is 257 g/mol. The number of aliphatic imine (C=N–C) groups is 1. The second kappa shape index (κ2) is 5.85. The Morgan fingerprint density at radius 3 is 2.41 bits per heavy atom. The van der Waals surface area contributed by atoms with Gasteiger partial charge in [0.05, 0.1) is 5.71 Å². The molecule has 0 atom stereocenters. The Hall–Kier alpha value is -0.570. The van der Waals surface area contributed by atoms with E-state index in [0.717, 1.165) is 37.0 Å². The summed E-state index contributed by atoms with van der Waals surface area (Å²) in [5.74, 6) is 0. The van der Waals surface area contributed by atoms with Gasteiger partial charge in [0.1, 0.15) is 5.60 Å². The smallest absolute Gasteiger partial charge is 0.107 e. The zero-order chi connectivity index (χ0) is 11.6. The van der Waals surface area contributed by atoms with Crippen LogP contribution in [0.15, 0.2) is 29.3 Å². The van der Waals surface area contributed by atoms with Crippen LogP contribution in [0.25, 0.3) is 0 Å². The van der Waals surface area contributed by atoms with Crippen molar-refractivity contribution in [2.75, 3.05) is 7.05 Å². The summed E-state index contributed by atoms with van der Waals surface area (Å²) in [6, 6.07) is 7.56. The van der Waals surface area contributed by atoms with Crippen molar-refractivity contribution >= 4 is 29.7 Å². The van der Waals surface area contributed by atoms with Crippen LogP contribution >= 0.6 is 24.0 Å². The van der Waals surface area contributed by atoms with Gasteiger partial charge in [-0.1, -0.05) is 42.6 Å². The van der Waals surface area contributed by atoms with Gasteiger partial charge in [0.15, 0.2) is 0 Å². The van der Waals surface area contributed by atoms with Crippen molar-refractivity contribution in [2.45, 2.75) is 31.3 Å². The molecule has 1 aromatic rings. The summed E-state index contributed by atoms with van der Waals surface area (Å²) in [5, 5.41) is 11.2. The quantitative estimate of drug-likeness (QED) is 0.823. The molecule has 1 N–H and O–H groups in total. The van der Waals surface area contributed by atoms with Gasteiger partial charge in [0.2, 0.25) is 0 Å². The first-order chi connectivity index (χ1) is 7.67. The van der Waals surface area contributed by atoms with Crippen LogP contribution in [0.1, 0.15) is 31.2 Å². The first-order valence-electron chi connectivity index (χ1n) is 5.62. The molecule has 2 nitrogen and oxygen atoms in total. The Labute approximate surface area is 113 Å². The van der Waals surface area contributed by atoms with E-state index in [2.05, 4.69) is 4.99 Å². The Morgan fingerprint density at radius 1 is 1.29 bits per heavy atom. The predicted molar refractivity (Wildman–Crippen MR) is 74.6 cm³/mol. The van der Waals surface area contributed by atoms with E-state index in [1.54, 1.807) is 7.05 Å². The van der Waals surface area contributed by atoms with Gasteiger partial charge in [-0.2, -0.15) is 0 Å². The minimum Gasteiger partial charge on any atom is -0.384 e. The summed E-state index contributed by atoms with van der Waals surface area (Å²) < 4.78 is 0. The fourth-order valence-corrected chi connectivity index (χ4v) is 2.65. The normalized spacial score (nSPS) is 18.9. The molecule has 0 amide bonds. The molecule has 0 radical (unpaired) electrons. The molecule has 2 rings (SSSR count). The molecular formula is C13H17Cl2NO. The van der Waals surface area contributed by atoms with Crippen LogP contribution in [0.2, 0.25) is 5.02 Å². The van der Waals surface area contributed by atoms with Gasteiger partial charge in [-0.3, -0.25) is 4.99 Å². The summed E-state index contributed by atoms with van der Waals surface area (Å²) in [7, 11) is 1.72. The third-order valence-electron chi connectivity index (χ3n) is 3.22. The highest BCUT2D eigenvalue weighted by atomic mass is 35.5. The van der Waals surface area contributed by atoms with Crippen LogP contribution in [-0.2, 0) is 0 Å². The van der Waals surface area contributed by atoms with E-state index < -0.39 is 5.60 Å². The Kier molecular flexibility index (Phi) is 4.99. The molecule has 94 valence electrons. The highest BCUT2D eigenvalue weighted by molar-refractivity contribution is 6.34. The van der Waals surface area contributed by atoms with E-state index in [9.17, 15) is 5.11 Å². The fraction of sp³-hybridized carbons (Fsp3) is 0.462. The second-order valence-electron chi connectivity index (χ2n) is 4.29. The molecule has 1 saturated carbocycles. The van der Waals surface area contributed by atoms with E-state index in [1.807, 2.05) is 24.3 Å². The number of hydrogen-bond donors (Lipinski definition) is 1. The van der Waals surface area contributed by atoms with Crippen molar-refractivity contribution in [2.24, 2.45) is 4.99 Å². The lowest BCUT2D eigenvalue weighted by Gasteiger charge is -2.25. The van der Waals surface area contributed by atoms with Gasteiger partial charge >= 0.3 is 0 Å². The molecule has 0 aliphatic heterocycles. The van der Waals surface area contributed by atoms with Crippen LogP contribution in [0.3, 0.4) is 0 Å². The zero-order valence-corrected chi connectivity index (χ0v) is 11.4.